The number of halogens is 1. The Bertz CT molecular complexity index is 808. The molecule has 1 atom stereocenters. The highest BCUT2D eigenvalue weighted by Crippen LogP contribution is 2.37. The monoisotopic (exact) mass is 368 g/mol. The first-order chi connectivity index (χ1) is 10.0. The van der Waals surface area contributed by atoms with Crippen LogP contribution in [0.4, 0.5) is 0 Å². The van der Waals surface area contributed by atoms with Crippen LogP contribution >= 0.6 is 15.9 Å². The van der Waals surface area contributed by atoms with Crippen molar-refractivity contribution >= 4 is 36.9 Å². The fourth-order valence-electron chi connectivity index (χ4n) is 3.23. The lowest BCUT2D eigenvalue weighted by Gasteiger charge is -2.23. The minimum absolute atomic E-state index is 0.106. The van der Waals surface area contributed by atoms with Gasteiger partial charge in [0, 0.05) is 21.1 Å². The average molecular weight is 369 g/mol. The maximum absolute atomic E-state index is 12.2. The number of hydrogen-bond acceptors (Lipinski definition) is 2. The molecule has 6 heteroatoms. The third-order valence-corrected chi connectivity index (χ3v) is 6.89. The van der Waals surface area contributed by atoms with Crippen LogP contribution in [0.1, 0.15) is 43.0 Å². The molecule has 0 bridgehead atoms. The summed E-state index contributed by atoms with van der Waals surface area (Å²) in [6, 6.07) is 6.06. The Morgan fingerprint density at radius 1 is 1.24 bits per heavy atom. The number of nitrogens with one attached hydrogen (secondary N) is 2. The Labute approximate surface area is 132 Å². The second-order valence-corrected chi connectivity index (χ2v) is 8.92. The lowest BCUT2D eigenvalue weighted by Crippen LogP contribution is -2.33. The van der Waals surface area contributed by atoms with E-state index in [-0.39, 0.29) is 11.3 Å². The molecule has 2 aromatic rings. The van der Waals surface area contributed by atoms with E-state index in [4.69, 9.17) is 0 Å². The van der Waals surface area contributed by atoms with Crippen LogP contribution < -0.4 is 4.72 Å². The van der Waals surface area contributed by atoms with Gasteiger partial charge in [0.25, 0.3) is 0 Å². The number of aromatic nitrogens is 1. The molecule has 0 spiro atoms. The normalized spacial score (nSPS) is 22.4. The van der Waals surface area contributed by atoms with E-state index in [2.05, 4.69) is 31.7 Å². The number of rotatable bonds is 3. The van der Waals surface area contributed by atoms with E-state index in [1.807, 2.05) is 12.1 Å². The number of aromatic amines is 1. The summed E-state index contributed by atoms with van der Waals surface area (Å²) in [5.41, 5.74) is 3.40. The van der Waals surface area contributed by atoms with Gasteiger partial charge in [-0.2, -0.15) is 0 Å². The summed E-state index contributed by atoms with van der Waals surface area (Å²) in [6.07, 6.45) is 4.49. The highest BCUT2D eigenvalue weighted by Gasteiger charge is 2.38. The van der Waals surface area contributed by atoms with Gasteiger partial charge in [0.2, 0.25) is 10.0 Å². The van der Waals surface area contributed by atoms with Crippen LogP contribution in [0.25, 0.3) is 10.9 Å². The summed E-state index contributed by atoms with van der Waals surface area (Å²) in [4.78, 5) is 3.43. The van der Waals surface area contributed by atoms with Gasteiger partial charge < -0.3 is 4.98 Å². The van der Waals surface area contributed by atoms with Crippen LogP contribution in [0.3, 0.4) is 0 Å². The van der Waals surface area contributed by atoms with Crippen molar-refractivity contribution in [1.29, 1.82) is 0 Å². The molecule has 0 saturated heterocycles. The summed E-state index contributed by atoms with van der Waals surface area (Å²) in [6.45, 7) is 0. The molecule has 1 aromatic heterocycles. The molecule has 4 nitrogen and oxygen atoms in total. The second-order valence-electron chi connectivity index (χ2n) is 6.01. The van der Waals surface area contributed by atoms with E-state index in [1.165, 1.54) is 10.9 Å². The first-order valence-electron chi connectivity index (χ1n) is 7.36. The molecule has 1 saturated carbocycles. The van der Waals surface area contributed by atoms with Crippen molar-refractivity contribution in [2.75, 3.05) is 0 Å². The molecule has 4 rings (SSSR count). The third-order valence-electron chi connectivity index (χ3n) is 4.44. The lowest BCUT2D eigenvalue weighted by molar-refractivity contribution is 0.501. The van der Waals surface area contributed by atoms with Gasteiger partial charge in [0.1, 0.15) is 0 Å². The van der Waals surface area contributed by atoms with Crippen molar-refractivity contribution < 1.29 is 8.42 Å². The SMILES string of the molecule is O=S(=O)(NC1CCCc2c1[nH]c1ccc(Br)cc21)C1CC1. The van der Waals surface area contributed by atoms with Crippen LogP contribution in [0.15, 0.2) is 22.7 Å². The Hall–Kier alpha value is -0.850. The molecule has 0 radical (unpaired) electrons. The zero-order valence-corrected chi connectivity index (χ0v) is 13.9. The van der Waals surface area contributed by atoms with Gasteiger partial charge in [0.15, 0.2) is 0 Å². The van der Waals surface area contributed by atoms with Crippen LogP contribution in [0.5, 0.6) is 0 Å². The van der Waals surface area contributed by atoms with E-state index >= 15 is 0 Å². The highest BCUT2D eigenvalue weighted by molar-refractivity contribution is 9.10. The molecular weight excluding hydrogens is 352 g/mol. The predicted octanol–water partition coefficient (Wildman–Crippen LogP) is 3.39. The van der Waals surface area contributed by atoms with E-state index in [1.54, 1.807) is 0 Å². The highest BCUT2D eigenvalue weighted by atomic mass is 79.9. The molecule has 0 aliphatic heterocycles. The maximum Gasteiger partial charge on any atom is 0.215 e. The molecule has 1 heterocycles. The lowest BCUT2D eigenvalue weighted by atomic mass is 9.92. The topological polar surface area (TPSA) is 62.0 Å². The second kappa shape index (κ2) is 4.83. The van der Waals surface area contributed by atoms with E-state index in [0.29, 0.717) is 0 Å². The number of H-pyrrole nitrogens is 1. The quantitative estimate of drug-likeness (QED) is 0.871. The van der Waals surface area contributed by atoms with Gasteiger partial charge in [-0.1, -0.05) is 15.9 Å². The fraction of sp³-hybridized carbons (Fsp3) is 0.467. The average Bonchev–Trinajstić information content (AvgIpc) is 3.23. The summed E-state index contributed by atoms with van der Waals surface area (Å²) in [5, 5.41) is 1.04. The number of aryl methyl sites for hydroxylation is 1. The van der Waals surface area contributed by atoms with Crippen LogP contribution in [-0.2, 0) is 16.4 Å². The Morgan fingerprint density at radius 2 is 2.05 bits per heavy atom. The van der Waals surface area contributed by atoms with Crippen molar-refractivity contribution in [3.8, 4) is 0 Å². The van der Waals surface area contributed by atoms with Crippen LogP contribution in [0, 0.1) is 0 Å². The van der Waals surface area contributed by atoms with Gasteiger partial charge in [-0.15, -0.1) is 0 Å². The van der Waals surface area contributed by atoms with Gasteiger partial charge in [-0.05, 0) is 55.9 Å². The molecule has 1 aromatic carbocycles. The summed E-state index contributed by atoms with van der Waals surface area (Å²) >= 11 is 3.51. The molecule has 1 unspecified atom stereocenters. The van der Waals surface area contributed by atoms with Crippen molar-refractivity contribution in [2.45, 2.75) is 43.4 Å². The first-order valence-corrected chi connectivity index (χ1v) is 9.70. The van der Waals surface area contributed by atoms with E-state index in [0.717, 1.165) is 47.8 Å². The van der Waals surface area contributed by atoms with Gasteiger partial charge in [0.05, 0.1) is 11.3 Å². The number of benzene rings is 1. The largest absolute Gasteiger partial charge is 0.357 e. The van der Waals surface area contributed by atoms with Crippen molar-refractivity contribution in [2.24, 2.45) is 0 Å². The summed E-state index contributed by atoms with van der Waals surface area (Å²) in [7, 11) is -3.15. The van der Waals surface area contributed by atoms with Crippen LogP contribution in [-0.4, -0.2) is 18.7 Å². The summed E-state index contributed by atoms with van der Waals surface area (Å²) < 4.78 is 28.4. The summed E-state index contributed by atoms with van der Waals surface area (Å²) in [5.74, 6) is 0. The molecule has 2 aliphatic rings. The molecule has 112 valence electrons. The van der Waals surface area contributed by atoms with E-state index < -0.39 is 10.0 Å². The minimum atomic E-state index is -3.15. The van der Waals surface area contributed by atoms with Gasteiger partial charge in [-0.3, -0.25) is 0 Å². The predicted molar refractivity (Wildman–Crippen MR) is 86.8 cm³/mol. The zero-order chi connectivity index (χ0) is 14.6. The fourth-order valence-corrected chi connectivity index (χ4v) is 5.17. The Kier molecular flexibility index (Phi) is 3.17. The molecule has 2 N–H and O–H groups in total. The van der Waals surface area contributed by atoms with Crippen molar-refractivity contribution in [3.63, 3.8) is 0 Å². The minimum Gasteiger partial charge on any atom is -0.357 e. The third kappa shape index (κ3) is 2.43. The Morgan fingerprint density at radius 3 is 2.81 bits per heavy atom. The van der Waals surface area contributed by atoms with Gasteiger partial charge in [-0.25, -0.2) is 13.1 Å². The van der Waals surface area contributed by atoms with Crippen molar-refractivity contribution in [1.82, 2.24) is 9.71 Å². The number of hydrogen-bond donors (Lipinski definition) is 2. The molecule has 1 fully saturated rings. The standard InChI is InChI=1S/C15H17BrN2O2S/c16-9-4-7-13-12(8-9)11-2-1-3-14(15(11)17-13)18-21(19,20)10-5-6-10/h4,7-8,10,14,17-18H,1-3,5-6H2. The molecular formula is C15H17BrN2O2S. The molecule has 21 heavy (non-hydrogen) atoms. The first kappa shape index (κ1) is 13.8. The zero-order valence-electron chi connectivity index (χ0n) is 11.5. The van der Waals surface area contributed by atoms with Crippen LogP contribution in [0.2, 0.25) is 0 Å². The van der Waals surface area contributed by atoms with E-state index in [9.17, 15) is 8.42 Å². The van der Waals surface area contributed by atoms with Crippen molar-refractivity contribution in [3.05, 3.63) is 33.9 Å². The number of fused-ring (bicyclic) bond motifs is 3. The maximum atomic E-state index is 12.2. The molecule has 0 amide bonds. The molecule has 2 aliphatic carbocycles. The smallest absolute Gasteiger partial charge is 0.215 e. The number of sulfonamides is 1. The Balaban J connectivity index is 1.75. The van der Waals surface area contributed by atoms with Gasteiger partial charge >= 0.3 is 0 Å².